The molecule has 5 nitrogen and oxygen atoms in total. The number of hydrogen-bond donors (Lipinski definition) is 2. The Kier molecular flexibility index (Phi) is 11.1. The summed E-state index contributed by atoms with van der Waals surface area (Å²) in [5.74, 6) is 0.0503. The van der Waals surface area contributed by atoms with E-state index < -0.39 is 0 Å². The van der Waals surface area contributed by atoms with Gasteiger partial charge in [0.15, 0.2) is 0 Å². The monoisotopic (exact) mass is 515 g/mol. The highest BCUT2D eigenvalue weighted by molar-refractivity contribution is 5.60. The quantitative estimate of drug-likeness (QED) is 0.246. The molecule has 0 aliphatic heterocycles. The van der Waals surface area contributed by atoms with Crippen LogP contribution >= 0.6 is 0 Å². The maximum absolute atomic E-state index is 6.41. The number of hydrogen-bond acceptors (Lipinski definition) is 5. The summed E-state index contributed by atoms with van der Waals surface area (Å²) in [4.78, 5) is 7.13. The molecule has 0 aromatic heterocycles. The summed E-state index contributed by atoms with van der Waals surface area (Å²) in [5, 5.41) is 0. The standard InChI is InChI=1S/C33H49N5/c1-7-36(8-2)28-15-13-25(14-16-28)33(31-19-17-29(21-26(31)23-34)37(9-3)10-4)32-20-18-30(22-27(32)24-35)38(11-5)12-6/h13-22,33H,7-12,23-24,34-35H2,1-6H3. The van der Waals surface area contributed by atoms with E-state index in [-0.39, 0.29) is 5.92 Å². The molecule has 0 aliphatic rings. The molecule has 0 heterocycles. The molecule has 0 aliphatic carbocycles. The van der Waals surface area contributed by atoms with Crippen LogP contribution in [0.5, 0.6) is 0 Å². The molecule has 38 heavy (non-hydrogen) atoms. The second-order valence-corrected chi connectivity index (χ2v) is 9.72. The summed E-state index contributed by atoms with van der Waals surface area (Å²) < 4.78 is 0. The zero-order valence-electron chi connectivity index (χ0n) is 24.5. The fraction of sp³-hybridized carbons (Fsp3) is 0.455. The van der Waals surface area contributed by atoms with Crippen molar-refractivity contribution < 1.29 is 0 Å². The Bertz CT molecular complexity index is 1070. The van der Waals surface area contributed by atoms with Crippen LogP contribution in [-0.4, -0.2) is 39.3 Å². The molecule has 0 saturated heterocycles. The normalized spacial score (nSPS) is 11.2. The first-order valence-electron chi connectivity index (χ1n) is 14.5. The van der Waals surface area contributed by atoms with Gasteiger partial charge in [-0.2, -0.15) is 0 Å². The first-order valence-corrected chi connectivity index (χ1v) is 14.5. The highest BCUT2D eigenvalue weighted by atomic mass is 15.1. The van der Waals surface area contributed by atoms with Gasteiger partial charge in [-0.05, 0) is 106 Å². The fourth-order valence-electron chi connectivity index (χ4n) is 5.66. The van der Waals surface area contributed by atoms with Crippen molar-refractivity contribution in [3.05, 3.63) is 88.5 Å². The van der Waals surface area contributed by atoms with E-state index >= 15 is 0 Å². The van der Waals surface area contributed by atoms with E-state index in [9.17, 15) is 0 Å². The molecule has 3 rings (SSSR count). The lowest BCUT2D eigenvalue weighted by atomic mass is 9.80. The molecule has 206 valence electrons. The van der Waals surface area contributed by atoms with Crippen LogP contribution in [0.2, 0.25) is 0 Å². The molecular weight excluding hydrogens is 466 g/mol. The Morgan fingerprint density at radius 3 is 1.18 bits per heavy atom. The molecule has 0 amide bonds. The average Bonchev–Trinajstić information content (AvgIpc) is 2.96. The maximum atomic E-state index is 6.41. The van der Waals surface area contributed by atoms with Gasteiger partial charge in [0.2, 0.25) is 0 Å². The lowest BCUT2D eigenvalue weighted by Crippen LogP contribution is -2.23. The van der Waals surface area contributed by atoms with E-state index in [1.165, 1.54) is 44.9 Å². The van der Waals surface area contributed by atoms with Crippen molar-refractivity contribution in [1.29, 1.82) is 0 Å². The third-order valence-electron chi connectivity index (χ3n) is 7.93. The largest absolute Gasteiger partial charge is 0.372 e. The summed E-state index contributed by atoms with van der Waals surface area (Å²) in [6.07, 6.45) is 0. The molecule has 0 bridgehead atoms. The summed E-state index contributed by atoms with van der Waals surface area (Å²) in [6, 6.07) is 22.7. The number of nitrogens with two attached hydrogens (primary N) is 2. The second kappa shape index (κ2) is 14.2. The molecule has 3 aromatic carbocycles. The number of rotatable bonds is 14. The van der Waals surface area contributed by atoms with Crippen LogP contribution in [-0.2, 0) is 13.1 Å². The smallest absolute Gasteiger partial charge is 0.0369 e. The molecule has 0 fully saturated rings. The minimum Gasteiger partial charge on any atom is -0.372 e. The van der Waals surface area contributed by atoms with Gasteiger partial charge in [-0.15, -0.1) is 0 Å². The van der Waals surface area contributed by atoms with Gasteiger partial charge in [-0.25, -0.2) is 0 Å². The topological polar surface area (TPSA) is 61.8 Å². The van der Waals surface area contributed by atoms with E-state index in [1.54, 1.807) is 0 Å². The van der Waals surface area contributed by atoms with Crippen molar-refractivity contribution in [3.8, 4) is 0 Å². The van der Waals surface area contributed by atoms with E-state index in [4.69, 9.17) is 11.5 Å². The van der Waals surface area contributed by atoms with Crippen molar-refractivity contribution in [3.63, 3.8) is 0 Å². The van der Waals surface area contributed by atoms with Crippen molar-refractivity contribution >= 4 is 17.1 Å². The predicted octanol–water partition coefficient (Wildman–Crippen LogP) is 6.32. The van der Waals surface area contributed by atoms with Gasteiger partial charge >= 0.3 is 0 Å². The van der Waals surface area contributed by atoms with Gasteiger partial charge in [-0.1, -0.05) is 24.3 Å². The second-order valence-electron chi connectivity index (χ2n) is 9.72. The van der Waals surface area contributed by atoms with E-state index in [0.717, 1.165) is 39.3 Å². The molecule has 0 unspecified atom stereocenters. The fourth-order valence-corrected chi connectivity index (χ4v) is 5.66. The molecule has 0 saturated carbocycles. The summed E-state index contributed by atoms with van der Waals surface area (Å²) in [6.45, 7) is 20.1. The Morgan fingerprint density at radius 1 is 0.500 bits per heavy atom. The van der Waals surface area contributed by atoms with Gasteiger partial charge in [0.25, 0.3) is 0 Å². The summed E-state index contributed by atoms with van der Waals surface area (Å²) >= 11 is 0. The van der Waals surface area contributed by atoms with Crippen molar-refractivity contribution in [2.75, 3.05) is 54.0 Å². The highest BCUT2D eigenvalue weighted by Crippen LogP contribution is 2.39. The van der Waals surface area contributed by atoms with Gasteiger partial charge in [0.1, 0.15) is 0 Å². The first-order chi connectivity index (χ1) is 18.5. The van der Waals surface area contributed by atoms with Gasteiger partial charge in [-0.3, -0.25) is 0 Å². The molecule has 4 N–H and O–H groups in total. The van der Waals surface area contributed by atoms with E-state index in [0.29, 0.717) is 13.1 Å². The molecule has 3 aromatic rings. The third kappa shape index (κ3) is 6.33. The Morgan fingerprint density at radius 2 is 0.842 bits per heavy atom. The Balaban J connectivity index is 2.22. The predicted molar refractivity (Wildman–Crippen MR) is 167 cm³/mol. The lowest BCUT2D eigenvalue weighted by molar-refractivity contribution is 0.848. The van der Waals surface area contributed by atoms with Crippen LogP contribution in [0, 0.1) is 0 Å². The third-order valence-corrected chi connectivity index (χ3v) is 7.93. The van der Waals surface area contributed by atoms with Crippen molar-refractivity contribution in [2.24, 2.45) is 11.5 Å². The highest BCUT2D eigenvalue weighted by Gasteiger charge is 2.23. The summed E-state index contributed by atoms with van der Waals surface area (Å²) in [7, 11) is 0. The molecule has 0 spiro atoms. The molecule has 0 atom stereocenters. The minimum atomic E-state index is 0.0503. The zero-order valence-corrected chi connectivity index (χ0v) is 24.5. The van der Waals surface area contributed by atoms with Crippen molar-refractivity contribution in [1.82, 2.24) is 0 Å². The Hall–Kier alpha value is -3.02. The number of benzene rings is 3. The molecule has 0 radical (unpaired) electrons. The SMILES string of the molecule is CCN(CC)c1ccc(C(c2ccc(N(CC)CC)cc2CN)c2ccc(N(CC)CC)cc2CN)cc1. The number of nitrogens with zero attached hydrogens (tertiary/aromatic N) is 3. The van der Waals surface area contributed by atoms with Gasteiger partial charge in [0, 0.05) is 75.3 Å². The van der Waals surface area contributed by atoms with E-state index in [1.807, 2.05) is 0 Å². The van der Waals surface area contributed by atoms with Crippen LogP contribution < -0.4 is 26.2 Å². The minimum absolute atomic E-state index is 0.0503. The van der Waals surface area contributed by atoms with Gasteiger partial charge in [0.05, 0.1) is 0 Å². The average molecular weight is 516 g/mol. The molecular formula is C33H49N5. The van der Waals surface area contributed by atoms with Crippen molar-refractivity contribution in [2.45, 2.75) is 60.5 Å². The number of anilines is 3. The van der Waals surface area contributed by atoms with Crippen LogP contribution in [0.1, 0.15) is 75.3 Å². The van der Waals surface area contributed by atoms with Crippen LogP contribution in [0.25, 0.3) is 0 Å². The van der Waals surface area contributed by atoms with Gasteiger partial charge < -0.3 is 26.2 Å². The maximum Gasteiger partial charge on any atom is 0.0369 e. The first kappa shape index (κ1) is 29.5. The van der Waals surface area contributed by atoms with Crippen LogP contribution in [0.3, 0.4) is 0 Å². The Labute approximate surface area is 231 Å². The summed E-state index contributed by atoms with van der Waals surface area (Å²) in [5.41, 5.74) is 22.7. The zero-order chi connectivity index (χ0) is 27.7. The van der Waals surface area contributed by atoms with Crippen LogP contribution in [0.15, 0.2) is 60.7 Å². The molecule has 5 heteroatoms. The van der Waals surface area contributed by atoms with E-state index in [2.05, 4.69) is 117 Å². The lowest BCUT2D eigenvalue weighted by Gasteiger charge is -2.29. The van der Waals surface area contributed by atoms with Crippen LogP contribution in [0.4, 0.5) is 17.1 Å².